The summed E-state index contributed by atoms with van der Waals surface area (Å²) in [6.07, 6.45) is 5.59. The Morgan fingerprint density at radius 3 is 2.36 bits per heavy atom. The van der Waals surface area contributed by atoms with E-state index < -0.39 is 5.41 Å². The van der Waals surface area contributed by atoms with Gasteiger partial charge < -0.3 is 4.74 Å². The van der Waals surface area contributed by atoms with Gasteiger partial charge in [-0.15, -0.1) is 0 Å². The molecule has 3 heteroatoms. The van der Waals surface area contributed by atoms with Gasteiger partial charge in [0, 0.05) is 5.92 Å². The molecule has 1 aromatic carbocycles. The highest BCUT2D eigenvalue weighted by Crippen LogP contribution is 2.35. The second-order valence-corrected chi connectivity index (χ2v) is 6.41. The average molecular weight is 302 g/mol. The molecule has 0 aromatic heterocycles. The zero-order chi connectivity index (χ0) is 16.0. The third-order valence-corrected chi connectivity index (χ3v) is 4.65. The predicted molar refractivity (Wildman–Crippen MR) is 86.5 cm³/mol. The molecule has 0 bridgehead atoms. The molecule has 0 radical (unpaired) electrons. The Hall–Kier alpha value is -1.64. The molecule has 1 unspecified atom stereocenters. The van der Waals surface area contributed by atoms with Crippen LogP contribution in [0.1, 0.15) is 51.5 Å². The summed E-state index contributed by atoms with van der Waals surface area (Å²) in [6.45, 7) is 3.85. The molecule has 120 valence electrons. The van der Waals surface area contributed by atoms with E-state index >= 15 is 0 Å². The summed E-state index contributed by atoms with van der Waals surface area (Å²) in [4.78, 5) is 25.6. The van der Waals surface area contributed by atoms with E-state index in [1.54, 1.807) is 13.8 Å². The highest BCUT2D eigenvalue weighted by atomic mass is 16.5. The smallest absolute Gasteiger partial charge is 0.319 e. The van der Waals surface area contributed by atoms with Crippen LogP contribution in [-0.4, -0.2) is 18.4 Å². The molecule has 1 aliphatic rings. The van der Waals surface area contributed by atoms with Crippen LogP contribution >= 0.6 is 0 Å². The van der Waals surface area contributed by atoms with Crippen LogP contribution in [0, 0.1) is 11.3 Å². The van der Waals surface area contributed by atoms with Gasteiger partial charge in [-0.2, -0.15) is 0 Å². The van der Waals surface area contributed by atoms with Crippen molar-refractivity contribution in [3.05, 3.63) is 35.9 Å². The Morgan fingerprint density at radius 2 is 1.77 bits per heavy atom. The van der Waals surface area contributed by atoms with Crippen molar-refractivity contribution in [1.29, 1.82) is 0 Å². The van der Waals surface area contributed by atoms with E-state index in [-0.39, 0.29) is 17.7 Å². The highest BCUT2D eigenvalue weighted by Gasteiger charge is 2.45. The fraction of sp³-hybridized carbons (Fsp3) is 0.579. The summed E-state index contributed by atoms with van der Waals surface area (Å²) in [5.41, 5.74) is -0.0680. The van der Waals surface area contributed by atoms with Crippen molar-refractivity contribution < 1.29 is 14.3 Å². The van der Waals surface area contributed by atoms with E-state index in [0.717, 1.165) is 31.2 Å². The molecule has 0 spiro atoms. The van der Waals surface area contributed by atoms with Gasteiger partial charge in [0.25, 0.3) is 0 Å². The molecule has 1 aromatic rings. The molecule has 1 fully saturated rings. The van der Waals surface area contributed by atoms with E-state index in [0.29, 0.717) is 13.0 Å². The minimum atomic E-state index is -1.07. The summed E-state index contributed by atoms with van der Waals surface area (Å²) in [5.74, 6) is -0.309. The molecule has 0 amide bonds. The monoisotopic (exact) mass is 302 g/mol. The van der Waals surface area contributed by atoms with Crippen LogP contribution in [0.25, 0.3) is 0 Å². The third kappa shape index (κ3) is 3.76. The van der Waals surface area contributed by atoms with Crippen LogP contribution in [0.5, 0.6) is 0 Å². The van der Waals surface area contributed by atoms with Crippen molar-refractivity contribution in [2.24, 2.45) is 11.3 Å². The van der Waals surface area contributed by atoms with Gasteiger partial charge >= 0.3 is 5.97 Å². The topological polar surface area (TPSA) is 43.4 Å². The maximum Gasteiger partial charge on any atom is 0.319 e. The average Bonchev–Trinajstić information content (AvgIpc) is 2.56. The first-order valence-corrected chi connectivity index (χ1v) is 8.33. The minimum absolute atomic E-state index is 0.00636. The molecular weight excluding hydrogens is 276 g/mol. The van der Waals surface area contributed by atoms with Gasteiger partial charge in [-0.05, 0) is 38.7 Å². The van der Waals surface area contributed by atoms with Crippen LogP contribution in [0.3, 0.4) is 0 Å². The Bertz CT molecular complexity index is 503. The summed E-state index contributed by atoms with van der Waals surface area (Å²) in [7, 11) is 0. The Morgan fingerprint density at radius 1 is 1.14 bits per heavy atom. The largest absolute Gasteiger partial charge is 0.465 e. The predicted octanol–water partition coefficient (Wildman–Crippen LogP) is 3.95. The molecule has 3 nitrogen and oxygen atoms in total. The van der Waals surface area contributed by atoms with Crippen LogP contribution in [-0.2, 0) is 20.7 Å². The zero-order valence-electron chi connectivity index (χ0n) is 13.6. The van der Waals surface area contributed by atoms with E-state index in [9.17, 15) is 9.59 Å². The summed E-state index contributed by atoms with van der Waals surface area (Å²) in [6, 6.07) is 9.74. The standard InChI is InChI=1S/C19H26O3/c1-3-22-18(21)19(2,14-15-10-6-4-7-11-15)17(20)16-12-8-5-9-13-16/h4,6-7,10-11,16H,3,5,8-9,12-14H2,1-2H3. The molecule has 0 N–H and O–H groups in total. The second-order valence-electron chi connectivity index (χ2n) is 6.41. The molecule has 2 rings (SSSR count). The van der Waals surface area contributed by atoms with Crippen LogP contribution in [0.2, 0.25) is 0 Å². The number of ketones is 1. The lowest BCUT2D eigenvalue weighted by Crippen LogP contribution is -2.44. The lowest BCUT2D eigenvalue weighted by Gasteiger charge is -2.31. The molecule has 0 aliphatic heterocycles. The van der Waals surface area contributed by atoms with Gasteiger partial charge in [0.15, 0.2) is 5.78 Å². The number of hydrogen-bond acceptors (Lipinski definition) is 3. The second kappa shape index (κ2) is 7.57. The van der Waals surface area contributed by atoms with Gasteiger partial charge in [-0.3, -0.25) is 9.59 Å². The Kier molecular flexibility index (Phi) is 5.76. The molecule has 22 heavy (non-hydrogen) atoms. The van der Waals surface area contributed by atoms with Crippen LogP contribution in [0.4, 0.5) is 0 Å². The lowest BCUT2D eigenvalue weighted by atomic mass is 9.71. The fourth-order valence-corrected chi connectivity index (χ4v) is 3.37. The molecule has 0 heterocycles. The molecule has 0 saturated heterocycles. The van der Waals surface area contributed by atoms with Gasteiger partial charge in [0.1, 0.15) is 5.41 Å². The maximum absolute atomic E-state index is 13.0. The number of hydrogen-bond donors (Lipinski definition) is 0. The van der Waals surface area contributed by atoms with Crippen molar-refractivity contribution >= 4 is 11.8 Å². The number of carbonyl (C=O) groups is 2. The van der Waals surface area contributed by atoms with Crippen molar-refractivity contribution in [3.8, 4) is 0 Å². The normalized spacial score (nSPS) is 18.5. The van der Waals surface area contributed by atoms with Gasteiger partial charge in [0.2, 0.25) is 0 Å². The van der Waals surface area contributed by atoms with Gasteiger partial charge in [-0.25, -0.2) is 0 Å². The molecule has 1 saturated carbocycles. The summed E-state index contributed by atoms with van der Waals surface area (Å²) < 4.78 is 5.23. The van der Waals surface area contributed by atoms with Crippen molar-refractivity contribution in [2.45, 2.75) is 52.4 Å². The Balaban J connectivity index is 2.24. The third-order valence-electron chi connectivity index (χ3n) is 4.65. The first-order chi connectivity index (χ1) is 10.6. The number of ether oxygens (including phenoxy) is 1. The van der Waals surface area contributed by atoms with Crippen molar-refractivity contribution in [3.63, 3.8) is 0 Å². The van der Waals surface area contributed by atoms with Gasteiger partial charge in [0.05, 0.1) is 6.61 Å². The van der Waals surface area contributed by atoms with E-state index in [1.807, 2.05) is 30.3 Å². The van der Waals surface area contributed by atoms with Crippen molar-refractivity contribution in [1.82, 2.24) is 0 Å². The fourth-order valence-electron chi connectivity index (χ4n) is 3.37. The number of benzene rings is 1. The van der Waals surface area contributed by atoms with E-state index in [1.165, 1.54) is 6.42 Å². The molecule has 1 atom stereocenters. The Labute approximate surface area is 133 Å². The number of rotatable bonds is 6. The number of Topliss-reactive ketones (excluding diaryl/α,β-unsaturated/α-hetero) is 1. The number of esters is 1. The van der Waals surface area contributed by atoms with Gasteiger partial charge in [-0.1, -0.05) is 49.6 Å². The summed E-state index contributed by atoms with van der Waals surface area (Å²) in [5, 5.41) is 0. The van der Waals surface area contributed by atoms with Crippen LogP contribution in [0.15, 0.2) is 30.3 Å². The number of carbonyl (C=O) groups excluding carboxylic acids is 2. The van der Waals surface area contributed by atoms with Crippen LogP contribution < -0.4 is 0 Å². The maximum atomic E-state index is 13.0. The molecular formula is C19H26O3. The van der Waals surface area contributed by atoms with Crippen molar-refractivity contribution in [2.75, 3.05) is 6.61 Å². The molecule has 1 aliphatic carbocycles. The summed E-state index contributed by atoms with van der Waals surface area (Å²) >= 11 is 0. The zero-order valence-corrected chi connectivity index (χ0v) is 13.6. The first kappa shape index (κ1) is 16.7. The first-order valence-electron chi connectivity index (χ1n) is 8.33. The lowest BCUT2D eigenvalue weighted by molar-refractivity contribution is -0.160. The quantitative estimate of drug-likeness (QED) is 0.590. The van der Waals surface area contributed by atoms with E-state index in [2.05, 4.69) is 0 Å². The minimum Gasteiger partial charge on any atom is -0.465 e. The highest BCUT2D eigenvalue weighted by molar-refractivity contribution is 6.04. The SMILES string of the molecule is CCOC(=O)C(C)(Cc1ccccc1)C(=O)C1CCCCC1. The van der Waals surface area contributed by atoms with E-state index in [4.69, 9.17) is 4.74 Å².